The molecule has 1 amide bonds. The smallest absolute Gasteiger partial charge is 0.264 e. The van der Waals surface area contributed by atoms with Gasteiger partial charge < -0.3 is 0 Å². The molecule has 3 aromatic rings. The Morgan fingerprint density at radius 2 is 1.58 bits per heavy atom. The molecule has 31 heavy (non-hydrogen) atoms. The highest BCUT2D eigenvalue weighted by atomic mass is 32.2. The van der Waals surface area contributed by atoms with Crippen LogP contribution in [-0.2, 0) is 14.8 Å². The molecule has 0 fully saturated rings. The maximum atomic E-state index is 14.4. The zero-order chi connectivity index (χ0) is 22.4. The van der Waals surface area contributed by atoms with E-state index in [-0.39, 0.29) is 10.6 Å². The highest BCUT2D eigenvalue weighted by Crippen LogP contribution is 2.25. The van der Waals surface area contributed by atoms with E-state index in [1.54, 1.807) is 25.1 Å². The summed E-state index contributed by atoms with van der Waals surface area (Å²) in [6.45, 7) is 3.05. The number of carbonyl (C=O) groups is 1. The summed E-state index contributed by atoms with van der Waals surface area (Å²) < 4.78 is 41.5. The molecule has 0 heterocycles. The summed E-state index contributed by atoms with van der Waals surface area (Å²) in [5.74, 6) is -1.46. The Morgan fingerprint density at radius 1 is 0.968 bits per heavy atom. The number of hydrogen-bond donors (Lipinski definition) is 1. The van der Waals surface area contributed by atoms with Crippen molar-refractivity contribution in [1.82, 2.24) is 5.43 Å². The van der Waals surface area contributed by atoms with Crippen LogP contribution in [0.2, 0.25) is 0 Å². The summed E-state index contributed by atoms with van der Waals surface area (Å²) in [7, 11) is -4.18. The van der Waals surface area contributed by atoms with Crippen LogP contribution in [0.3, 0.4) is 0 Å². The summed E-state index contributed by atoms with van der Waals surface area (Å²) in [6, 6.07) is 20.5. The van der Waals surface area contributed by atoms with Crippen molar-refractivity contribution in [2.75, 3.05) is 10.8 Å². The zero-order valence-electron chi connectivity index (χ0n) is 17.1. The van der Waals surface area contributed by atoms with Gasteiger partial charge in [-0.3, -0.25) is 9.10 Å². The number of benzene rings is 3. The van der Waals surface area contributed by atoms with Crippen molar-refractivity contribution in [2.45, 2.75) is 18.7 Å². The molecule has 8 heteroatoms. The molecule has 0 saturated heterocycles. The van der Waals surface area contributed by atoms with Crippen LogP contribution < -0.4 is 9.73 Å². The molecule has 6 nitrogen and oxygen atoms in total. The number of hydrogen-bond acceptors (Lipinski definition) is 4. The fourth-order valence-corrected chi connectivity index (χ4v) is 4.29. The minimum absolute atomic E-state index is 0.0506. The number of halogens is 1. The Kier molecular flexibility index (Phi) is 6.81. The number of hydrazone groups is 1. The number of amides is 1. The van der Waals surface area contributed by atoms with Gasteiger partial charge in [0.05, 0.1) is 16.3 Å². The van der Waals surface area contributed by atoms with Gasteiger partial charge in [0, 0.05) is 0 Å². The van der Waals surface area contributed by atoms with Gasteiger partial charge in [0.15, 0.2) is 0 Å². The van der Waals surface area contributed by atoms with E-state index in [1.165, 1.54) is 30.3 Å². The second kappa shape index (κ2) is 9.53. The molecule has 0 aliphatic carbocycles. The molecule has 0 radical (unpaired) electrons. The second-order valence-corrected chi connectivity index (χ2v) is 8.74. The van der Waals surface area contributed by atoms with E-state index >= 15 is 0 Å². The van der Waals surface area contributed by atoms with Crippen molar-refractivity contribution in [3.8, 4) is 0 Å². The number of carbonyl (C=O) groups excluding carboxylic acids is 1. The first-order chi connectivity index (χ1) is 14.8. The minimum atomic E-state index is -4.18. The summed E-state index contributed by atoms with van der Waals surface area (Å²) in [4.78, 5) is 12.5. The van der Waals surface area contributed by atoms with Gasteiger partial charge in [0.25, 0.3) is 15.9 Å². The van der Waals surface area contributed by atoms with E-state index in [0.29, 0.717) is 5.71 Å². The summed E-state index contributed by atoms with van der Waals surface area (Å²) in [5, 5.41) is 4.05. The number of aryl methyl sites for hydroxylation is 1. The van der Waals surface area contributed by atoms with Crippen LogP contribution >= 0.6 is 0 Å². The molecule has 1 N–H and O–H groups in total. The maximum Gasteiger partial charge on any atom is 0.264 e. The molecule has 3 rings (SSSR count). The van der Waals surface area contributed by atoms with Crippen molar-refractivity contribution in [3.63, 3.8) is 0 Å². The number of rotatable bonds is 7. The lowest BCUT2D eigenvalue weighted by atomic mass is 10.1. The quantitative estimate of drug-likeness (QED) is 0.448. The summed E-state index contributed by atoms with van der Waals surface area (Å²) >= 11 is 0. The predicted molar refractivity (Wildman–Crippen MR) is 119 cm³/mol. The van der Waals surface area contributed by atoms with Crippen LogP contribution in [0, 0.1) is 12.7 Å². The van der Waals surface area contributed by atoms with Crippen molar-refractivity contribution in [3.05, 3.63) is 95.8 Å². The van der Waals surface area contributed by atoms with E-state index in [1.807, 2.05) is 31.2 Å². The van der Waals surface area contributed by atoms with E-state index in [2.05, 4.69) is 10.5 Å². The molecule has 0 atom stereocenters. The SMILES string of the molecule is C/C(=N/NC(=O)CN(c1ccccc1F)S(=O)(=O)c1ccccc1)c1ccc(C)cc1. The van der Waals surface area contributed by atoms with Gasteiger partial charge in [-0.15, -0.1) is 0 Å². The molecule has 0 unspecified atom stereocenters. The van der Waals surface area contributed by atoms with Crippen LogP contribution in [0.1, 0.15) is 18.1 Å². The summed E-state index contributed by atoms with van der Waals surface area (Å²) in [5.41, 5.74) is 4.59. The second-order valence-electron chi connectivity index (χ2n) is 6.87. The zero-order valence-corrected chi connectivity index (χ0v) is 17.9. The maximum absolute atomic E-state index is 14.4. The highest BCUT2D eigenvalue weighted by Gasteiger charge is 2.28. The first kappa shape index (κ1) is 22.2. The Balaban J connectivity index is 1.87. The van der Waals surface area contributed by atoms with Crippen molar-refractivity contribution in [1.29, 1.82) is 0 Å². The first-order valence-electron chi connectivity index (χ1n) is 9.51. The van der Waals surface area contributed by atoms with Gasteiger partial charge in [-0.05, 0) is 43.7 Å². The Labute approximate surface area is 181 Å². The fourth-order valence-electron chi connectivity index (χ4n) is 2.84. The minimum Gasteiger partial charge on any atom is -0.271 e. The molecule has 0 saturated carbocycles. The first-order valence-corrected chi connectivity index (χ1v) is 11.0. The highest BCUT2D eigenvalue weighted by molar-refractivity contribution is 7.92. The Bertz CT molecular complexity index is 1190. The molecule has 160 valence electrons. The molecule has 3 aromatic carbocycles. The molecular weight excluding hydrogens is 417 g/mol. The van der Waals surface area contributed by atoms with Gasteiger partial charge in [0.1, 0.15) is 12.4 Å². The van der Waals surface area contributed by atoms with E-state index in [0.717, 1.165) is 21.5 Å². The Morgan fingerprint density at radius 3 is 2.23 bits per heavy atom. The van der Waals surface area contributed by atoms with Gasteiger partial charge >= 0.3 is 0 Å². The van der Waals surface area contributed by atoms with E-state index in [4.69, 9.17) is 0 Å². The lowest BCUT2D eigenvalue weighted by Crippen LogP contribution is -2.40. The number of para-hydroxylation sites is 1. The molecule has 0 aliphatic heterocycles. The van der Waals surface area contributed by atoms with E-state index in [9.17, 15) is 17.6 Å². The van der Waals surface area contributed by atoms with Crippen LogP contribution in [-0.4, -0.2) is 26.6 Å². The molecule has 0 spiro atoms. The van der Waals surface area contributed by atoms with Gasteiger partial charge in [0.2, 0.25) is 0 Å². The van der Waals surface area contributed by atoms with Crippen LogP contribution in [0.15, 0.2) is 88.9 Å². The number of sulfonamides is 1. The van der Waals surface area contributed by atoms with Gasteiger partial charge in [-0.1, -0.05) is 60.2 Å². The van der Waals surface area contributed by atoms with Crippen molar-refractivity contribution < 1.29 is 17.6 Å². The van der Waals surface area contributed by atoms with Crippen molar-refractivity contribution >= 4 is 27.3 Å². The largest absolute Gasteiger partial charge is 0.271 e. The third-order valence-corrected chi connectivity index (χ3v) is 6.33. The lowest BCUT2D eigenvalue weighted by Gasteiger charge is -2.24. The summed E-state index contributed by atoms with van der Waals surface area (Å²) in [6.07, 6.45) is 0. The predicted octanol–water partition coefficient (Wildman–Crippen LogP) is 3.87. The monoisotopic (exact) mass is 439 g/mol. The Hall–Kier alpha value is -3.52. The topological polar surface area (TPSA) is 78.8 Å². The number of anilines is 1. The van der Waals surface area contributed by atoms with E-state index < -0.39 is 28.3 Å². The van der Waals surface area contributed by atoms with Crippen LogP contribution in [0.25, 0.3) is 0 Å². The fraction of sp³-hybridized carbons (Fsp3) is 0.130. The number of nitrogens with one attached hydrogen (secondary N) is 1. The van der Waals surface area contributed by atoms with Crippen LogP contribution in [0.4, 0.5) is 10.1 Å². The third kappa shape index (κ3) is 5.35. The third-order valence-electron chi connectivity index (χ3n) is 4.56. The van der Waals surface area contributed by atoms with Crippen LogP contribution in [0.5, 0.6) is 0 Å². The molecule has 0 aliphatic rings. The normalized spacial score (nSPS) is 11.8. The lowest BCUT2D eigenvalue weighted by molar-refractivity contribution is -0.119. The average Bonchev–Trinajstić information content (AvgIpc) is 2.77. The standard InChI is InChI=1S/C23H22FN3O3S/c1-17-12-14-19(15-13-17)18(2)25-26-23(28)16-27(22-11-7-6-10-21(22)24)31(29,30)20-8-4-3-5-9-20/h3-15H,16H2,1-2H3,(H,26,28)/b25-18-. The molecular formula is C23H22FN3O3S. The van der Waals surface area contributed by atoms with Gasteiger partial charge in [-0.25, -0.2) is 18.2 Å². The number of nitrogens with zero attached hydrogens (tertiary/aromatic N) is 2. The van der Waals surface area contributed by atoms with Gasteiger partial charge in [-0.2, -0.15) is 5.10 Å². The molecule has 0 aromatic heterocycles. The van der Waals surface area contributed by atoms with Crippen molar-refractivity contribution in [2.24, 2.45) is 5.10 Å². The average molecular weight is 440 g/mol. The molecule has 0 bridgehead atoms.